The molecule has 1 aromatic rings. The average Bonchev–Trinajstić information content (AvgIpc) is 2.81. The molecule has 3 heteroatoms. The van der Waals surface area contributed by atoms with Crippen molar-refractivity contribution in [3.63, 3.8) is 0 Å². The van der Waals surface area contributed by atoms with Crippen LogP contribution in [0.5, 0.6) is 0 Å². The number of hydrogen-bond acceptors (Lipinski definition) is 3. The normalized spacial score (nSPS) is 23.9. The smallest absolute Gasteiger partial charge is 0.132 e. The number of aliphatic hydroxyl groups excluding tert-OH is 1. The molecule has 2 heterocycles. The maximum Gasteiger partial charge on any atom is 0.132 e. The lowest BCUT2D eigenvalue weighted by molar-refractivity contribution is 0.000630. The lowest BCUT2D eigenvalue weighted by Gasteiger charge is -2.23. The Balaban J connectivity index is 1.73. The molecule has 2 atom stereocenters. The lowest BCUT2D eigenvalue weighted by Crippen LogP contribution is -2.19. The first-order valence-electron chi connectivity index (χ1n) is 5.69. The van der Waals surface area contributed by atoms with Gasteiger partial charge in [0.25, 0.3) is 0 Å². The molecule has 0 saturated carbocycles. The fourth-order valence-electron chi connectivity index (χ4n) is 2.00. The van der Waals surface area contributed by atoms with Crippen LogP contribution in [-0.2, 0) is 4.74 Å². The van der Waals surface area contributed by atoms with Gasteiger partial charge < -0.3 is 14.3 Å². The minimum Gasteiger partial charge on any atom is -0.467 e. The summed E-state index contributed by atoms with van der Waals surface area (Å²) in [5.41, 5.74) is 0. The molecule has 0 spiro atoms. The van der Waals surface area contributed by atoms with Crippen molar-refractivity contribution >= 4 is 0 Å². The topological polar surface area (TPSA) is 42.6 Å². The molecule has 1 aliphatic heterocycles. The zero-order valence-electron chi connectivity index (χ0n) is 8.89. The molecule has 84 valence electrons. The van der Waals surface area contributed by atoms with E-state index >= 15 is 0 Å². The number of rotatable bonds is 4. The van der Waals surface area contributed by atoms with E-state index in [0.29, 0.717) is 11.9 Å². The first-order valence-corrected chi connectivity index (χ1v) is 5.69. The zero-order valence-corrected chi connectivity index (χ0v) is 8.89. The summed E-state index contributed by atoms with van der Waals surface area (Å²) in [7, 11) is 0. The first kappa shape index (κ1) is 10.7. The van der Waals surface area contributed by atoms with E-state index in [1.54, 1.807) is 12.3 Å². The molecular formula is C12H18O3. The number of ether oxygens (including phenoxy) is 1. The van der Waals surface area contributed by atoms with E-state index in [2.05, 4.69) is 0 Å². The van der Waals surface area contributed by atoms with Crippen molar-refractivity contribution in [3.8, 4) is 0 Å². The summed E-state index contributed by atoms with van der Waals surface area (Å²) in [5, 5.41) is 9.79. The van der Waals surface area contributed by atoms with Crippen molar-refractivity contribution in [3.05, 3.63) is 24.2 Å². The molecule has 2 rings (SSSR count). The Bertz CT molecular complexity index is 262. The van der Waals surface area contributed by atoms with Crippen LogP contribution in [0, 0.1) is 0 Å². The van der Waals surface area contributed by atoms with E-state index in [1.165, 1.54) is 12.8 Å². The minimum atomic E-state index is -0.481. The molecule has 0 amide bonds. The summed E-state index contributed by atoms with van der Waals surface area (Å²) in [6, 6.07) is 3.61. The summed E-state index contributed by atoms with van der Waals surface area (Å²) in [4.78, 5) is 0. The molecular weight excluding hydrogens is 192 g/mol. The third-order valence-corrected chi connectivity index (χ3v) is 2.91. The summed E-state index contributed by atoms with van der Waals surface area (Å²) < 4.78 is 10.7. The second kappa shape index (κ2) is 5.33. The first-order chi connectivity index (χ1) is 7.36. The second-order valence-corrected chi connectivity index (χ2v) is 4.10. The molecule has 0 radical (unpaired) electrons. The van der Waals surface area contributed by atoms with E-state index in [0.717, 1.165) is 25.9 Å². The van der Waals surface area contributed by atoms with Gasteiger partial charge in [-0.2, -0.15) is 0 Å². The number of aliphatic hydroxyl groups is 1. The van der Waals surface area contributed by atoms with Gasteiger partial charge in [-0.25, -0.2) is 0 Å². The maximum atomic E-state index is 9.79. The molecule has 0 bridgehead atoms. The van der Waals surface area contributed by atoms with Crippen LogP contribution in [0.25, 0.3) is 0 Å². The van der Waals surface area contributed by atoms with Gasteiger partial charge in [-0.15, -0.1) is 0 Å². The zero-order chi connectivity index (χ0) is 10.5. The molecule has 1 aliphatic rings. The summed E-state index contributed by atoms with van der Waals surface area (Å²) in [6.07, 6.45) is 6.65. The third kappa shape index (κ3) is 3.08. The van der Waals surface area contributed by atoms with Crippen LogP contribution in [-0.4, -0.2) is 17.8 Å². The van der Waals surface area contributed by atoms with Crippen LogP contribution >= 0.6 is 0 Å². The second-order valence-electron chi connectivity index (χ2n) is 4.10. The highest BCUT2D eigenvalue weighted by Gasteiger charge is 2.17. The Labute approximate surface area is 90.0 Å². The van der Waals surface area contributed by atoms with Crippen LogP contribution in [0.1, 0.15) is 44.0 Å². The van der Waals surface area contributed by atoms with Gasteiger partial charge in [0.15, 0.2) is 0 Å². The summed E-state index contributed by atoms with van der Waals surface area (Å²) >= 11 is 0. The number of furan rings is 1. The van der Waals surface area contributed by atoms with Gasteiger partial charge in [-0.3, -0.25) is 0 Å². The minimum absolute atomic E-state index is 0.336. The van der Waals surface area contributed by atoms with E-state index in [-0.39, 0.29) is 0 Å². The molecule has 0 aliphatic carbocycles. The van der Waals surface area contributed by atoms with Crippen molar-refractivity contribution < 1.29 is 14.3 Å². The predicted octanol–water partition coefficient (Wildman–Crippen LogP) is 2.66. The van der Waals surface area contributed by atoms with Crippen LogP contribution < -0.4 is 0 Å². The van der Waals surface area contributed by atoms with Crippen LogP contribution in [0.4, 0.5) is 0 Å². The van der Waals surface area contributed by atoms with Gasteiger partial charge in [-0.05, 0) is 44.2 Å². The lowest BCUT2D eigenvalue weighted by atomic mass is 10.0. The molecule has 1 aromatic heterocycles. The van der Waals surface area contributed by atoms with Gasteiger partial charge in [0.05, 0.1) is 12.4 Å². The molecule has 0 aromatic carbocycles. The van der Waals surface area contributed by atoms with Crippen LogP contribution in [0.2, 0.25) is 0 Å². The Morgan fingerprint density at radius 1 is 1.47 bits per heavy atom. The predicted molar refractivity (Wildman–Crippen MR) is 56.5 cm³/mol. The molecule has 1 fully saturated rings. The Hall–Kier alpha value is -0.800. The number of hydrogen-bond donors (Lipinski definition) is 1. The van der Waals surface area contributed by atoms with Gasteiger partial charge in [0.1, 0.15) is 11.9 Å². The van der Waals surface area contributed by atoms with Crippen LogP contribution in [0.15, 0.2) is 22.8 Å². The third-order valence-electron chi connectivity index (χ3n) is 2.91. The Kier molecular flexibility index (Phi) is 3.80. The fourth-order valence-corrected chi connectivity index (χ4v) is 2.00. The molecule has 1 saturated heterocycles. The fraction of sp³-hybridized carbons (Fsp3) is 0.667. The van der Waals surface area contributed by atoms with Gasteiger partial charge in [0.2, 0.25) is 0 Å². The molecule has 3 nitrogen and oxygen atoms in total. The highest BCUT2D eigenvalue weighted by atomic mass is 16.5. The van der Waals surface area contributed by atoms with E-state index in [4.69, 9.17) is 9.15 Å². The van der Waals surface area contributed by atoms with E-state index in [1.807, 2.05) is 6.07 Å². The monoisotopic (exact) mass is 210 g/mol. The SMILES string of the molecule is OC(CCC1CCCCO1)c1ccco1. The largest absolute Gasteiger partial charge is 0.467 e. The quantitative estimate of drug-likeness (QED) is 0.830. The van der Waals surface area contributed by atoms with Crippen molar-refractivity contribution in [2.24, 2.45) is 0 Å². The van der Waals surface area contributed by atoms with Crippen molar-refractivity contribution in [1.29, 1.82) is 0 Å². The Morgan fingerprint density at radius 2 is 2.40 bits per heavy atom. The Morgan fingerprint density at radius 3 is 3.07 bits per heavy atom. The summed E-state index contributed by atoms with van der Waals surface area (Å²) in [6.45, 7) is 0.877. The average molecular weight is 210 g/mol. The van der Waals surface area contributed by atoms with Crippen molar-refractivity contribution in [1.82, 2.24) is 0 Å². The molecule has 2 unspecified atom stereocenters. The molecule has 1 N–H and O–H groups in total. The van der Waals surface area contributed by atoms with Gasteiger partial charge >= 0.3 is 0 Å². The highest BCUT2D eigenvalue weighted by molar-refractivity contribution is 5.01. The summed E-state index contributed by atoms with van der Waals surface area (Å²) in [5.74, 6) is 0.658. The van der Waals surface area contributed by atoms with E-state index in [9.17, 15) is 5.11 Å². The molecule has 15 heavy (non-hydrogen) atoms. The van der Waals surface area contributed by atoms with Gasteiger partial charge in [0, 0.05) is 6.61 Å². The highest BCUT2D eigenvalue weighted by Crippen LogP contribution is 2.23. The standard InChI is InChI=1S/C12H18O3/c13-11(12-5-3-9-15-12)7-6-10-4-1-2-8-14-10/h3,5,9-11,13H,1-2,4,6-8H2. The van der Waals surface area contributed by atoms with Crippen molar-refractivity contribution in [2.75, 3.05) is 6.61 Å². The maximum absolute atomic E-state index is 9.79. The van der Waals surface area contributed by atoms with Gasteiger partial charge in [-0.1, -0.05) is 0 Å². The van der Waals surface area contributed by atoms with Crippen LogP contribution in [0.3, 0.4) is 0 Å². The van der Waals surface area contributed by atoms with Crippen molar-refractivity contribution in [2.45, 2.75) is 44.3 Å². The van der Waals surface area contributed by atoms with E-state index < -0.39 is 6.10 Å².